The molecular weight excluding hydrogens is 290 g/mol. The monoisotopic (exact) mass is 309 g/mol. The molecule has 0 atom stereocenters. The number of aromatic nitrogens is 2. The molecule has 3 aromatic rings. The average molecular weight is 309 g/mol. The van der Waals surface area contributed by atoms with E-state index in [9.17, 15) is 5.11 Å². The van der Waals surface area contributed by atoms with Crippen LogP contribution < -0.4 is 0 Å². The second-order valence-electron chi connectivity index (χ2n) is 5.68. The lowest BCUT2D eigenvalue weighted by atomic mass is 9.86. The standard InChI is InChI=1S/C18H19N3O2/c1-21(2)13-16-19-20-17(23-16)18(22,14-9-5-3-6-10-14)15-11-7-4-8-12-15/h3-12,22H,13H2,1-2H3. The van der Waals surface area contributed by atoms with Gasteiger partial charge < -0.3 is 14.4 Å². The molecule has 0 aliphatic carbocycles. The fraction of sp³-hybridized carbons (Fsp3) is 0.222. The van der Waals surface area contributed by atoms with Crippen molar-refractivity contribution in [1.82, 2.24) is 15.1 Å². The van der Waals surface area contributed by atoms with Crippen molar-refractivity contribution in [2.24, 2.45) is 0 Å². The molecule has 0 radical (unpaired) electrons. The van der Waals surface area contributed by atoms with Crippen molar-refractivity contribution >= 4 is 0 Å². The van der Waals surface area contributed by atoms with Crippen LogP contribution in [0.1, 0.15) is 22.9 Å². The van der Waals surface area contributed by atoms with Crippen LogP contribution in [0.4, 0.5) is 0 Å². The molecule has 0 saturated heterocycles. The molecule has 0 amide bonds. The zero-order chi connectivity index (χ0) is 16.3. The van der Waals surface area contributed by atoms with Crippen LogP contribution in [-0.2, 0) is 12.1 Å². The van der Waals surface area contributed by atoms with Crippen molar-refractivity contribution < 1.29 is 9.52 Å². The first-order valence-electron chi connectivity index (χ1n) is 7.41. The molecule has 1 N–H and O–H groups in total. The molecule has 1 aromatic heterocycles. The summed E-state index contributed by atoms with van der Waals surface area (Å²) in [6.45, 7) is 0.520. The average Bonchev–Trinajstić information content (AvgIpc) is 3.04. The second kappa shape index (κ2) is 6.32. The Labute approximate surface area is 135 Å². The van der Waals surface area contributed by atoms with Crippen LogP contribution in [-0.4, -0.2) is 34.3 Å². The SMILES string of the molecule is CN(C)Cc1nnc(C(O)(c2ccccc2)c2ccccc2)o1. The molecule has 5 nitrogen and oxygen atoms in total. The summed E-state index contributed by atoms with van der Waals surface area (Å²) in [7, 11) is 3.84. The molecule has 2 aromatic carbocycles. The fourth-order valence-corrected chi connectivity index (χ4v) is 2.51. The quantitative estimate of drug-likeness (QED) is 0.784. The summed E-state index contributed by atoms with van der Waals surface area (Å²) >= 11 is 0. The predicted molar refractivity (Wildman–Crippen MR) is 86.7 cm³/mol. The smallest absolute Gasteiger partial charge is 0.257 e. The molecule has 0 unspecified atom stereocenters. The third-order valence-electron chi connectivity index (χ3n) is 3.61. The van der Waals surface area contributed by atoms with Crippen LogP contribution >= 0.6 is 0 Å². The van der Waals surface area contributed by atoms with Crippen LogP contribution in [0.15, 0.2) is 65.1 Å². The summed E-state index contributed by atoms with van der Waals surface area (Å²) < 4.78 is 5.75. The van der Waals surface area contributed by atoms with Crippen LogP contribution in [0, 0.1) is 0 Å². The molecule has 0 aliphatic rings. The molecule has 23 heavy (non-hydrogen) atoms. The van der Waals surface area contributed by atoms with E-state index in [0.29, 0.717) is 23.6 Å². The molecule has 0 saturated carbocycles. The summed E-state index contributed by atoms with van der Waals surface area (Å²) in [5.74, 6) is 0.641. The van der Waals surface area contributed by atoms with Crippen molar-refractivity contribution in [3.63, 3.8) is 0 Å². The molecular formula is C18H19N3O2. The van der Waals surface area contributed by atoms with E-state index >= 15 is 0 Å². The highest BCUT2D eigenvalue weighted by molar-refractivity contribution is 5.41. The first kappa shape index (κ1) is 15.4. The topological polar surface area (TPSA) is 62.4 Å². The maximum atomic E-state index is 11.5. The van der Waals surface area contributed by atoms with E-state index < -0.39 is 5.60 Å². The van der Waals surface area contributed by atoms with Gasteiger partial charge in [-0.25, -0.2) is 0 Å². The van der Waals surface area contributed by atoms with Gasteiger partial charge in [-0.3, -0.25) is 0 Å². The lowest BCUT2D eigenvalue weighted by Gasteiger charge is -2.25. The highest BCUT2D eigenvalue weighted by Crippen LogP contribution is 2.35. The maximum absolute atomic E-state index is 11.5. The summed E-state index contributed by atoms with van der Waals surface area (Å²) in [5.41, 5.74) is -0.0994. The second-order valence-corrected chi connectivity index (χ2v) is 5.68. The summed E-state index contributed by atoms with van der Waals surface area (Å²) in [6, 6.07) is 18.7. The Morgan fingerprint density at radius 1 is 0.913 bits per heavy atom. The van der Waals surface area contributed by atoms with Crippen molar-refractivity contribution in [3.8, 4) is 0 Å². The fourth-order valence-electron chi connectivity index (χ4n) is 2.51. The third-order valence-corrected chi connectivity index (χ3v) is 3.61. The van der Waals surface area contributed by atoms with E-state index in [-0.39, 0.29) is 5.89 Å². The van der Waals surface area contributed by atoms with Gasteiger partial charge in [0.1, 0.15) is 0 Å². The summed E-state index contributed by atoms with van der Waals surface area (Å²) in [4.78, 5) is 1.93. The van der Waals surface area contributed by atoms with Gasteiger partial charge in [0, 0.05) is 0 Å². The van der Waals surface area contributed by atoms with E-state index in [1.54, 1.807) is 0 Å². The molecule has 0 bridgehead atoms. The number of aliphatic hydroxyl groups is 1. The number of hydrogen-bond donors (Lipinski definition) is 1. The Kier molecular flexibility index (Phi) is 4.23. The lowest BCUT2D eigenvalue weighted by molar-refractivity contribution is 0.0903. The van der Waals surface area contributed by atoms with Crippen LogP contribution in [0.3, 0.4) is 0 Å². The number of nitrogens with zero attached hydrogens (tertiary/aromatic N) is 3. The molecule has 0 aliphatic heterocycles. The van der Waals surface area contributed by atoms with Crippen LogP contribution in [0.25, 0.3) is 0 Å². The molecule has 3 rings (SSSR count). The molecule has 1 heterocycles. The van der Waals surface area contributed by atoms with Gasteiger partial charge in [-0.05, 0) is 25.2 Å². The highest BCUT2D eigenvalue weighted by Gasteiger charge is 2.39. The van der Waals surface area contributed by atoms with E-state index in [1.807, 2.05) is 79.7 Å². The van der Waals surface area contributed by atoms with Crippen molar-refractivity contribution in [1.29, 1.82) is 0 Å². The van der Waals surface area contributed by atoms with Crippen molar-refractivity contribution in [2.45, 2.75) is 12.1 Å². The first-order valence-corrected chi connectivity index (χ1v) is 7.41. The molecule has 0 spiro atoms. The van der Waals surface area contributed by atoms with Gasteiger partial charge >= 0.3 is 0 Å². The minimum Gasteiger partial charge on any atom is -0.420 e. The Balaban J connectivity index is 2.11. The number of benzene rings is 2. The Morgan fingerprint density at radius 2 is 1.43 bits per heavy atom. The van der Waals surface area contributed by atoms with Crippen molar-refractivity contribution in [2.75, 3.05) is 14.1 Å². The highest BCUT2D eigenvalue weighted by atomic mass is 16.4. The zero-order valence-electron chi connectivity index (χ0n) is 13.2. The maximum Gasteiger partial charge on any atom is 0.257 e. The van der Waals surface area contributed by atoms with Crippen LogP contribution in [0.5, 0.6) is 0 Å². The van der Waals surface area contributed by atoms with Gasteiger partial charge in [0.05, 0.1) is 6.54 Å². The molecule has 0 fully saturated rings. The largest absolute Gasteiger partial charge is 0.420 e. The number of rotatable bonds is 5. The van der Waals surface area contributed by atoms with Gasteiger partial charge in [-0.2, -0.15) is 0 Å². The Bertz CT molecular complexity index is 715. The predicted octanol–water partition coefficient (Wildman–Crippen LogP) is 2.42. The third kappa shape index (κ3) is 3.02. The van der Waals surface area contributed by atoms with E-state index in [4.69, 9.17) is 4.42 Å². The first-order chi connectivity index (χ1) is 11.1. The summed E-state index contributed by atoms with van der Waals surface area (Å²) in [5, 5.41) is 19.6. The van der Waals surface area contributed by atoms with Crippen molar-refractivity contribution in [3.05, 3.63) is 83.6 Å². The van der Waals surface area contributed by atoms with E-state index in [0.717, 1.165) is 0 Å². The lowest BCUT2D eigenvalue weighted by Crippen LogP contribution is -2.29. The van der Waals surface area contributed by atoms with Gasteiger partial charge in [0.2, 0.25) is 5.89 Å². The minimum absolute atomic E-state index is 0.173. The van der Waals surface area contributed by atoms with Crippen LogP contribution in [0.2, 0.25) is 0 Å². The minimum atomic E-state index is -1.47. The van der Waals surface area contributed by atoms with Gasteiger partial charge in [-0.1, -0.05) is 60.7 Å². The zero-order valence-corrected chi connectivity index (χ0v) is 13.2. The Hall–Kier alpha value is -2.50. The van der Waals surface area contributed by atoms with Gasteiger partial charge in [0.15, 0.2) is 5.60 Å². The number of hydrogen-bond acceptors (Lipinski definition) is 5. The van der Waals surface area contributed by atoms with E-state index in [2.05, 4.69) is 10.2 Å². The summed E-state index contributed by atoms with van der Waals surface area (Å²) in [6.07, 6.45) is 0. The van der Waals surface area contributed by atoms with E-state index in [1.165, 1.54) is 0 Å². The molecule has 118 valence electrons. The van der Waals surface area contributed by atoms with Gasteiger partial charge in [0.25, 0.3) is 5.89 Å². The normalized spacial score (nSPS) is 11.8. The molecule has 5 heteroatoms. The Morgan fingerprint density at radius 3 is 1.91 bits per heavy atom. The van der Waals surface area contributed by atoms with Gasteiger partial charge in [-0.15, -0.1) is 10.2 Å².